The first kappa shape index (κ1) is 16.3. The normalized spacial score (nSPS) is 10.4. The molecule has 2 aromatic carbocycles. The van der Waals surface area contributed by atoms with Gasteiger partial charge in [0, 0.05) is 23.4 Å². The van der Waals surface area contributed by atoms with E-state index < -0.39 is 0 Å². The summed E-state index contributed by atoms with van der Waals surface area (Å²) < 4.78 is 0.844. The van der Waals surface area contributed by atoms with Crippen molar-refractivity contribution in [3.63, 3.8) is 0 Å². The van der Waals surface area contributed by atoms with Crippen LogP contribution < -0.4 is 0 Å². The van der Waals surface area contributed by atoms with E-state index >= 15 is 0 Å². The maximum atomic E-state index is 12.6. The second kappa shape index (κ2) is 7.83. The molecule has 0 saturated heterocycles. The summed E-state index contributed by atoms with van der Waals surface area (Å²) in [6.45, 7) is 0.987. The van der Waals surface area contributed by atoms with Gasteiger partial charge in [-0.3, -0.25) is 4.79 Å². The van der Waals surface area contributed by atoms with Crippen molar-refractivity contribution in [1.29, 1.82) is 0 Å². The summed E-state index contributed by atoms with van der Waals surface area (Å²) in [6, 6.07) is 15.1. The molecule has 0 bridgehead atoms. The van der Waals surface area contributed by atoms with E-state index in [1.165, 1.54) is 0 Å². The molecule has 0 aliphatic rings. The van der Waals surface area contributed by atoms with Crippen molar-refractivity contribution < 1.29 is 4.79 Å². The van der Waals surface area contributed by atoms with Gasteiger partial charge in [-0.25, -0.2) is 0 Å². The fourth-order valence-corrected chi connectivity index (χ4v) is 2.95. The standard InChI is InChI=1S/C16H14BrCl2NO/c17-13-6-7-14(15(19)10-13)16(21)20(9-8-18)11-12-4-2-1-3-5-12/h1-7,10H,8-9,11H2. The number of carbonyl (C=O) groups excluding carboxylic acids is 1. The van der Waals surface area contributed by atoms with Crippen molar-refractivity contribution in [2.75, 3.05) is 12.4 Å². The van der Waals surface area contributed by atoms with Crippen molar-refractivity contribution in [3.05, 3.63) is 69.2 Å². The summed E-state index contributed by atoms with van der Waals surface area (Å²) in [5.41, 5.74) is 1.55. The summed E-state index contributed by atoms with van der Waals surface area (Å²) in [5, 5.41) is 0.432. The third-order valence-electron chi connectivity index (χ3n) is 3.02. The highest BCUT2D eigenvalue weighted by Gasteiger charge is 2.18. The third-order valence-corrected chi connectivity index (χ3v) is 3.99. The van der Waals surface area contributed by atoms with Gasteiger partial charge in [-0.05, 0) is 23.8 Å². The Morgan fingerprint density at radius 1 is 1.14 bits per heavy atom. The van der Waals surface area contributed by atoms with Gasteiger partial charge in [-0.1, -0.05) is 57.9 Å². The average molecular weight is 387 g/mol. The van der Waals surface area contributed by atoms with Gasteiger partial charge in [0.05, 0.1) is 10.6 Å². The van der Waals surface area contributed by atoms with Gasteiger partial charge in [0.25, 0.3) is 5.91 Å². The lowest BCUT2D eigenvalue weighted by molar-refractivity contribution is 0.0754. The van der Waals surface area contributed by atoms with E-state index in [4.69, 9.17) is 23.2 Å². The molecule has 110 valence electrons. The van der Waals surface area contributed by atoms with Crippen molar-refractivity contribution in [3.8, 4) is 0 Å². The lowest BCUT2D eigenvalue weighted by atomic mass is 10.1. The smallest absolute Gasteiger partial charge is 0.255 e. The van der Waals surface area contributed by atoms with Gasteiger partial charge in [-0.15, -0.1) is 11.6 Å². The molecule has 0 heterocycles. The minimum Gasteiger partial charge on any atom is -0.333 e. The summed E-state index contributed by atoms with van der Waals surface area (Å²) >= 11 is 15.3. The predicted molar refractivity (Wildman–Crippen MR) is 91.1 cm³/mol. The van der Waals surface area contributed by atoms with Crippen molar-refractivity contribution in [2.24, 2.45) is 0 Å². The number of halogens is 3. The van der Waals surface area contributed by atoms with Crippen LogP contribution in [0.4, 0.5) is 0 Å². The second-order valence-corrected chi connectivity index (χ2v) is 6.23. The fourth-order valence-electron chi connectivity index (χ4n) is 1.99. The molecular formula is C16H14BrCl2NO. The number of hydrogen-bond acceptors (Lipinski definition) is 1. The van der Waals surface area contributed by atoms with Crippen LogP contribution in [-0.2, 0) is 6.54 Å². The molecule has 0 radical (unpaired) electrons. The van der Waals surface area contributed by atoms with Gasteiger partial charge in [0.15, 0.2) is 0 Å². The zero-order valence-corrected chi connectivity index (χ0v) is 14.3. The van der Waals surface area contributed by atoms with E-state index in [0.717, 1.165) is 10.0 Å². The maximum Gasteiger partial charge on any atom is 0.255 e. The predicted octanol–water partition coefficient (Wildman–Crippen LogP) is 4.98. The lowest BCUT2D eigenvalue weighted by Gasteiger charge is -2.22. The first-order chi connectivity index (χ1) is 10.1. The topological polar surface area (TPSA) is 20.3 Å². The summed E-state index contributed by atoms with van der Waals surface area (Å²) in [5.74, 6) is 0.268. The minimum absolute atomic E-state index is 0.114. The SMILES string of the molecule is O=C(c1ccc(Br)cc1Cl)N(CCCl)Cc1ccccc1. The molecule has 21 heavy (non-hydrogen) atoms. The zero-order chi connectivity index (χ0) is 15.2. The van der Waals surface area contributed by atoms with Crippen LogP contribution in [0.15, 0.2) is 53.0 Å². The monoisotopic (exact) mass is 385 g/mol. The molecule has 0 spiro atoms. The first-order valence-electron chi connectivity index (χ1n) is 6.46. The van der Waals surface area contributed by atoms with Crippen LogP contribution in [0.25, 0.3) is 0 Å². The lowest BCUT2D eigenvalue weighted by Crippen LogP contribution is -2.32. The van der Waals surface area contributed by atoms with Crippen LogP contribution in [0.5, 0.6) is 0 Å². The molecule has 0 N–H and O–H groups in total. The van der Waals surface area contributed by atoms with Gasteiger partial charge in [-0.2, -0.15) is 0 Å². The molecule has 5 heteroatoms. The number of hydrogen-bond donors (Lipinski definition) is 0. The Morgan fingerprint density at radius 2 is 1.86 bits per heavy atom. The molecule has 0 unspecified atom stereocenters. The van der Waals surface area contributed by atoms with Gasteiger partial charge in [0.2, 0.25) is 0 Å². The minimum atomic E-state index is -0.114. The van der Waals surface area contributed by atoms with E-state index in [1.54, 1.807) is 23.1 Å². The van der Waals surface area contributed by atoms with E-state index in [1.807, 2.05) is 30.3 Å². The van der Waals surface area contributed by atoms with Crippen LogP contribution in [0.2, 0.25) is 5.02 Å². The van der Waals surface area contributed by atoms with Crippen molar-refractivity contribution in [2.45, 2.75) is 6.54 Å². The highest BCUT2D eigenvalue weighted by molar-refractivity contribution is 9.10. The third kappa shape index (κ3) is 4.47. The van der Waals surface area contributed by atoms with Gasteiger partial charge in [0.1, 0.15) is 0 Å². The number of nitrogens with zero attached hydrogens (tertiary/aromatic N) is 1. The molecule has 2 aromatic rings. The van der Waals surface area contributed by atoms with E-state index in [9.17, 15) is 4.79 Å². The molecule has 0 atom stereocenters. The van der Waals surface area contributed by atoms with E-state index in [2.05, 4.69) is 15.9 Å². The Kier molecular flexibility index (Phi) is 6.09. The van der Waals surface area contributed by atoms with Crippen LogP contribution in [0.1, 0.15) is 15.9 Å². The molecular weight excluding hydrogens is 373 g/mol. The van der Waals surface area contributed by atoms with Gasteiger partial charge < -0.3 is 4.90 Å². The first-order valence-corrected chi connectivity index (χ1v) is 8.16. The number of alkyl halides is 1. The van der Waals surface area contributed by atoms with Gasteiger partial charge >= 0.3 is 0 Å². The Bertz CT molecular complexity index is 619. The zero-order valence-electron chi connectivity index (χ0n) is 11.2. The number of rotatable bonds is 5. The van der Waals surface area contributed by atoms with E-state index in [0.29, 0.717) is 29.6 Å². The molecule has 0 saturated carbocycles. The number of benzene rings is 2. The van der Waals surface area contributed by atoms with Crippen LogP contribution in [-0.4, -0.2) is 23.2 Å². The molecule has 2 rings (SSSR count). The summed E-state index contributed by atoms with van der Waals surface area (Å²) in [6.07, 6.45) is 0. The summed E-state index contributed by atoms with van der Waals surface area (Å²) in [7, 11) is 0. The Balaban J connectivity index is 2.23. The molecule has 0 aromatic heterocycles. The molecule has 2 nitrogen and oxygen atoms in total. The Morgan fingerprint density at radius 3 is 2.48 bits per heavy atom. The molecule has 1 amide bonds. The molecule has 0 fully saturated rings. The van der Waals surface area contributed by atoms with Crippen molar-refractivity contribution >= 4 is 45.0 Å². The van der Waals surface area contributed by atoms with Crippen molar-refractivity contribution in [1.82, 2.24) is 4.90 Å². The quantitative estimate of drug-likeness (QED) is 0.663. The van der Waals surface area contributed by atoms with Crippen LogP contribution in [0.3, 0.4) is 0 Å². The highest BCUT2D eigenvalue weighted by Crippen LogP contribution is 2.23. The molecule has 0 aliphatic carbocycles. The Labute approximate surface area is 142 Å². The fraction of sp³-hybridized carbons (Fsp3) is 0.188. The average Bonchev–Trinajstić information content (AvgIpc) is 2.47. The van der Waals surface area contributed by atoms with E-state index in [-0.39, 0.29) is 5.91 Å². The van der Waals surface area contributed by atoms with Crippen LogP contribution >= 0.6 is 39.1 Å². The highest BCUT2D eigenvalue weighted by atomic mass is 79.9. The second-order valence-electron chi connectivity index (χ2n) is 4.53. The number of carbonyl (C=O) groups is 1. The number of amides is 1. The molecule has 0 aliphatic heterocycles. The Hall–Kier alpha value is -1.03. The van der Waals surface area contributed by atoms with Crippen LogP contribution in [0, 0.1) is 0 Å². The maximum absolute atomic E-state index is 12.6. The summed E-state index contributed by atoms with van der Waals surface area (Å²) in [4.78, 5) is 14.3. The largest absolute Gasteiger partial charge is 0.333 e.